The number of allylic oxidation sites excluding steroid dienone is 2. The maximum Gasteiger partial charge on any atom is 0.228 e. The van der Waals surface area contributed by atoms with Gasteiger partial charge in [-0.1, -0.05) is 20.8 Å². The summed E-state index contributed by atoms with van der Waals surface area (Å²) in [5, 5.41) is 0. The lowest BCUT2D eigenvalue weighted by Gasteiger charge is -2.20. The molecule has 0 saturated heterocycles. The van der Waals surface area contributed by atoms with Crippen LogP contribution in [0.3, 0.4) is 0 Å². The van der Waals surface area contributed by atoms with Crippen LogP contribution in [-0.2, 0) is 9.16 Å². The fourth-order valence-corrected chi connectivity index (χ4v) is 1.24. The van der Waals surface area contributed by atoms with Gasteiger partial charge in [-0.05, 0) is 30.2 Å². The Balaban J connectivity index is 4.56. The molecule has 0 heterocycles. The van der Waals surface area contributed by atoms with E-state index in [0.29, 0.717) is 0 Å². The van der Waals surface area contributed by atoms with Crippen molar-refractivity contribution < 1.29 is 9.16 Å². The van der Waals surface area contributed by atoms with Gasteiger partial charge in [0.1, 0.15) is 0 Å². The normalized spacial score (nSPS) is 13.8. The zero-order valence-electron chi connectivity index (χ0n) is 10.1. The van der Waals surface area contributed by atoms with Gasteiger partial charge in [0.25, 0.3) is 0 Å². The lowest BCUT2D eigenvalue weighted by Crippen LogP contribution is -2.10. The highest BCUT2D eigenvalue weighted by Crippen LogP contribution is 2.26. The molecule has 0 N–H and O–H groups in total. The van der Waals surface area contributed by atoms with E-state index in [9.17, 15) is 0 Å². The van der Waals surface area contributed by atoms with E-state index in [1.165, 1.54) is 0 Å². The highest BCUT2D eigenvalue weighted by molar-refractivity contribution is 6.48. The minimum absolute atomic E-state index is 0.0956. The van der Waals surface area contributed by atoms with Crippen molar-refractivity contribution in [3.63, 3.8) is 0 Å². The van der Waals surface area contributed by atoms with Gasteiger partial charge in [0.05, 0.1) is 19.6 Å². The van der Waals surface area contributed by atoms with E-state index in [0.717, 1.165) is 5.57 Å². The van der Waals surface area contributed by atoms with Gasteiger partial charge in [0, 0.05) is 0 Å². The SMILES string of the molecule is COC=CC(=CO[SiH](C)C)C(C)(C)C. The van der Waals surface area contributed by atoms with E-state index in [1.54, 1.807) is 13.4 Å². The van der Waals surface area contributed by atoms with E-state index >= 15 is 0 Å². The lowest BCUT2D eigenvalue weighted by atomic mass is 9.87. The topological polar surface area (TPSA) is 18.5 Å². The quantitative estimate of drug-likeness (QED) is 0.407. The highest BCUT2D eigenvalue weighted by atomic mass is 28.3. The van der Waals surface area contributed by atoms with Crippen molar-refractivity contribution in [3.8, 4) is 0 Å². The fourth-order valence-electron chi connectivity index (χ4n) is 0.817. The molecule has 0 unspecified atom stereocenters. The molecule has 0 aliphatic heterocycles. The molecule has 0 spiro atoms. The van der Waals surface area contributed by atoms with E-state index in [2.05, 4.69) is 33.9 Å². The molecule has 0 aliphatic rings. The minimum atomic E-state index is -0.983. The van der Waals surface area contributed by atoms with Crippen molar-refractivity contribution >= 4 is 9.04 Å². The molecular formula is C11H22O2Si. The monoisotopic (exact) mass is 214 g/mol. The van der Waals surface area contributed by atoms with Crippen molar-refractivity contribution in [1.29, 1.82) is 0 Å². The van der Waals surface area contributed by atoms with Crippen molar-refractivity contribution in [2.24, 2.45) is 5.41 Å². The predicted molar refractivity (Wildman–Crippen MR) is 63.6 cm³/mol. The fraction of sp³-hybridized carbons (Fsp3) is 0.636. The highest BCUT2D eigenvalue weighted by Gasteiger charge is 2.15. The number of rotatable bonds is 4. The number of methoxy groups -OCH3 is 1. The molecule has 0 rings (SSSR count). The van der Waals surface area contributed by atoms with Crippen LogP contribution in [0.1, 0.15) is 20.8 Å². The van der Waals surface area contributed by atoms with Crippen molar-refractivity contribution in [1.82, 2.24) is 0 Å². The third-order valence-electron chi connectivity index (χ3n) is 1.72. The van der Waals surface area contributed by atoms with Crippen LogP contribution in [0, 0.1) is 5.41 Å². The summed E-state index contributed by atoms with van der Waals surface area (Å²) in [6.45, 7) is 10.8. The van der Waals surface area contributed by atoms with E-state index < -0.39 is 9.04 Å². The molecule has 0 aliphatic carbocycles. The number of hydrogen-bond donors (Lipinski definition) is 0. The lowest BCUT2D eigenvalue weighted by molar-refractivity contribution is 0.335. The van der Waals surface area contributed by atoms with Crippen molar-refractivity contribution in [3.05, 3.63) is 24.2 Å². The second-order valence-electron chi connectivity index (χ2n) is 4.55. The molecular weight excluding hydrogens is 192 g/mol. The Morgan fingerprint density at radius 3 is 2.14 bits per heavy atom. The molecule has 3 heteroatoms. The Morgan fingerprint density at radius 1 is 1.21 bits per heavy atom. The van der Waals surface area contributed by atoms with E-state index in [1.807, 2.05) is 12.3 Å². The molecule has 0 radical (unpaired) electrons. The average molecular weight is 214 g/mol. The van der Waals surface area contributed by atoms with Crippen LogP contribution < -0.4 is 0 Å². The summed E-state index contributed by atoms with van der Waals surface area (Å²) >= 11 is 0. The van der Waals surface area contributed by atoms with Gasteiger partial charge in [-0.15, -0.1) is 0 Å². The van der Waals surface area contributed by atoms with Gasteiger partial charge in [-0.3, -0.25) is 0 Å². The van der Waals surface area contributed by atoms with Crippen LogP contribution >= 0.6 is 0 Å². The summed E-state index contributed by atoms with van der Waals surface area (Å²) in [5.41, 5.74) is 1.25. The Hall–Kier alpha value is -0.703. The molecule has 0 saturated carbocycles. The second kappa shape index (κ2) is 5.91. The van der Waals surface area contributed by atoms with Crippen molar-refractivity contribution in [2.75, 3.05) is 7.11 Å². The molecule has 0 fully saturated rings. The Bertz CT molecular complexity index is 212. The average Bonchev–Trinajstić information content (AvgIpc) is 2.01. The number of hydrogen-bond acceptors (Lipinski definition) is 2. The van der Waals surface area contributed by atoms with Crippen LogP contribution in [0.5, 0.6) is 0 Å². The first-order valence-corrected chi connectivity index (χ1v) is 7.71. The Kier molecular flexibility index (Phi) is 5.61. The Labute approximate surface area is 89.3 Å². The summed E-state index contributed by atoms with van der Waals surface area (Å²) in [7, 11) is 0.664. The van der Waals surface area contributed by atoms with Gasteiger partial charge in [-0.2, -0.15) is 0 Å². The Morgan fingerprint density at radius 2 is 1.79 bits per heavy atom. The van der Waals surface area contributed by atoms with E-state index in [-0.39, 0.29) is 5.41 Å². The van der Waals surface area contributed by atoms with Gasteiger partial charge in [0.2, 0.25) is 9.04 Å². The molecule has 0 aromatic heterocycles. The minimum Gasteiger partial charge on any atom is -0.552 e. The molecule has 14 heavy (non-hydrogen) atoms. The second-order valence-corrected chi connectivity index (χ2v) is 6.92. The molecule has 0 aromatic rings. The first-order valence-electron chi connectivity index (χ1n) is 4.93. The molecule has 2 nitrogen and oxygen atoms in total. The summed E-state index contributed by atoms with van der Waals surface area (Å²) in [6, 6.07) is 0. The van der Waals surface area contributed by atoms with Gasteiger partial charge in [0.15, 0.2) is 0 Å². The first-order chi connectivity index (χ1) is 6.38. The molecule has 0 atom stereocenters. The van der Waals surface area contributed by atoms with Gasteiger partial charge >= 0.3 is 0 Å². The first kappa shape index (κ1) is 13.3. The maximum atomic E-state index is 5.60. The molecule has 0 bridgehead atoms. The third kappa shape index (κ3) is 5.86. The van der Waals surface area contributed by atoms with Crippen molar-refractivity contribution in [2.45, 2.75) is 33.9 Å². The zero-order valence-corrected chi connectivity index (χ0v) is 11.3. The summed E-state index contributed by atoms with van der Waals surface area (Å²) in [4.78, 5) is 0. The largest absolute Gasteiger partial charge is 0.552 e. The third-order valence-corrected chi connectivity index (χ3v) is 2.40. The predicted octanol–water partition coefficient (Wildman–Crippen LogP) is 3.08. The van der Waals surface area contributed by atoms with Crippen LogP contribution in [0.4, 0.5) is 0 Å². The van der Waals surface area contributed by atoms with E-state index in [4.69, 9.17) is 9.16 Å². The standard InChI is InChI=1S/C11H22O2Si/c1-11(2,3)10(7-8-12-4)9-13-14(5)6/h7-9,14H,1-6H3. The maximum absolute atomic E-state index is 5.60. The molecule has 82 valence electrons. The summed E-state index contributed by atoms with van der Waals surface area (Å²) in [6.07, 6.45) is 5.51. The zero-order chi connectivity index (χ0) is 11.2. The smallest absolute Gasteiger partial charge is 0.228 e. The number of ether oxygens (including phenoxy) is 1. The van der Waals surface area contributed by atoms with Crippen LogP contribution in [0.25, 0.3) is 0 Å². The molecule has 0 amide bonds. The van der Waals surface area contributed by atoms with Gasteiger partial charge in [-0.25, -0.2) is 0 Å². The molecule has 0 aromatic carbocycles. The van der Waals surface area contributed by atoms with Crippen LogP contribution in [-0.4, -0.2) is 16.2 Å². The summed E-state index contributed by atoms with van der Waals surface area (Å²) < 4.78 is 10.5. The van der Waals surface area contributed by atoms with Crippen LogP contribution in [0.2, 0.25) is 13.1 Å². The summed E-state index contributed by atoms with van der Waals surface area (Å²) in [5.74, 6) is 0. The van der Waals surface area contributed by atoms with Crippen LogP contribution in [0.15, 0.2) is 24.2 Å². The van der Waals surface area contributed by atoms with Gasteiger partial charge < -0.3 is 9.16 Å².